The molecule has 0 amide bonds. The van der Waals surface area contributed by atoms with Crippen LogP contribution in [0.3, 0.4) is 0 Å². The van der Waals surface area contributed by atoms with Crippen LogP contribution in [0.1, 0.15) is 20.8 Å². The number of allylic oxidation sites excluding steroid dienone is 3. The minimum atomic E-state index is -0.174. The molecule has 0 spiro atoms. The molecular formula is C12H14O3. The molecule has 0 unspecified atom stereocenters. The lowest BCUT2D eigenvalue weighted by Gasteiger charge is -2.31. The van der Waals surface area contributed by atoms with Gasteiger partial charge in [-0.25, -0.2) is 0 Å². The standard InChI is InChI=1S/C12H14O3/c1-6-8(3)15-5-9-11(14)4-10(13)7(2)12(6)9/h4-6,8,13H,1-3H3/t6-,8-/m1/s1. The number of carbonyl (C=O) groups is 1. The van der Waals surface area contributed by atoms with Crippen LogP contribution >= 0.6 is 0 Å². The quantitative estimate of drug-likeness (QED) is 0.661. The fraction of sp³-hybridized carbons (Fsp3) is 0.417. The van der Waals surface area contributed by atoms with Crippen LogP contribution in [0.15, 0.2) is 34.8 Å². The number of fused-ring (bicyclic) bond motifs is 1. The fourth-order valence-electron chi connectivity index (χ4n) is 2.02. The van der Waals surface area contributed by atoms with Gasteiger partial charge in [-0.15, -0.1) is 0 Å². The summed E-state index contributed by atoms with van der Waals surface area (Å²) in [5, 5.41) is 9.61. The molecule has 0 saturated carbocycles. The summed E-state index contributed by atoms with van der Waals surface area (Å²) >= 11 is 0. The molecule has 0 aromatic carbocycles. The number of aliphatic hydroxyl groups excluding tert-OH is 1. The summed E-state index contributed by atoms with van der Waals surface area (Å²) in [6.07, 6.45) is 2.79. The topological polar surface area (TPSA) is 46.5 Å². The predicted molar refractivity (Wildman–Crippen MR) is 56.2 cm³/mol. The first-order valence-electron chi connectivity index (χ1n) is 5.04. The van der Waals surface area contributed by atoms with Crippen molar-refractivity contribution in [1.82, 2.24) is 0 Å². The molecule has 0 fully saturated rings. The van der Waals surface area contributed by atoms with Crippen molar-refractivity contribution < 1.29 is 14.6 Å². The van der Waals surface area contributed by atoms with Gasteiger partial charge in [0.25, 0.3) is 0 Å². The molecule has 0 saturated heterocycles. The highest BCUT2D eigenvalue weighted by Gasteiger charge is 2.33. The van der Waals surface area contributed by atoms with Crippen molar-refractivity contribution >= 4 is 5.78 Å². The highest BCUT2D eigenvalue weighted by Crippen LogP contribution is 2.36. The van der Waals surface area contributed by atoms with E-state index in [-0.39, 0.29) is 23.6 Å². The van der Waals surface area contributed by atoms with E-state index < -0.39 is 0 Å². The SMILES string of the molecule is CC1=C2C(=CO[C@H](C)[C@H]2C)C(=O)C=C1O. The highest BCUT2D eigenvalue weighted by atomic mass is 16.5. The summed E-state index contributed by atoms with van der Waals surface area (Å²) in [7, 11) is 0. The lowest BCUT2D eigenvalue weighted by Crippen LogP contribution is -2.28. The maximum atomic E-state index is 11.6. The van der Waals surface area contributed by atoms with Crippen LogP contribution in [0.4, 0.5) is 0 Å². The molecule has 2 atom stereocenters. The van der Waals surface area contributed by atoms with E-state index in [1.807, 2.05) is 20.8 Å². The van der Waals surface area contributed by atoms with E-state index in [0.29, 0.717) is 5.57 Å². The Balaban J connectivity index is 2.59. The van der Waals surface area contributed by atoms with Gasteiger partial charge >= 0.3 is 0 Å². The van der Waals surface area contributed by atoms with Crippen LogP contribution in [0.25, 0.3) is 0 Å². The van der Waals surface area contributed by atoms with Crippen molar-refractivity contribution in [3.8, 4) is 0 Å². The summed E-state index contributed by atoms with van der Waals surface area (Å²) in [5.74, 6) is 0.0322. The average molecular weight is 206 g/mol. The number of hydrogen-bond acceptors (Lipinski definition) is 3. The minimum Gasteiger partial charge on any atom is -0.508 e. The van der Waals surface area contributed by atoms with E-state index in [1.165, 1.54) is 12.3 Å². The molecule has 0 radical (unpaired) electrons. The molecule has 1 aliphatic carbocycles. The molecule has 1 aliphatic heterocycles. The summed E-state index contributed by atoms with van der Waals surface area (Å²) in [4.78, 5) is 11.6. The first-order chi connectivity index (χ1) is 7.02. The van der Waals surface area contributed by atoms with Gasteiger partial charge in [-0.1, -0.05) is 6.92 Å². The van der Waals surface area contributed by atoms with Crippen molar-refractivity contribution in [2.24, 2.45) is 5.92 Å². The number of hydrogen-bond donors (Lipinski definition) is 1. The Hall–Kier alpha value is -1.51. The third-order valence-corrected chi connectivity index (χ3v) is 3.17. The number of carbonyl (C=O) groups excluding carboxylic acids is 1. The van der Waals surface area contributed by atoms with Gasteiger partial charge in [0.1, 0.15) is 11.9 Å². The molecule has 15 heavy (non-hydrogen) atoms. The molecule has 3 nitrogen and oxygen atoms in total. The number of rotatable bonds is 0. The van der Waals surface area contributed by atoms with E-state index >= 15 is 0 Å². The second-order valence-electron chi connectivity index (χ2n) is 4.09. The molecule has 0 aromatic rings. The zero-order valence-corrected chi connectivity index (χ0v) is 9.07. The molecule has 2 rings (SSSR count). The Labute approximate surface area is 88.7 Å². The van der Waals surface area contributed by atoms with Crippen molar-refractivity contribution in [3.63, 3.8) is 0 Å². The number of ketones is 1. The number of ether oxygens (including phenoxy) is 1. The smallest absolute Gasteiger partial charge is 0.192 e. The van der Waals surface area contributed by atoms with Gasteiger partial charge in [-0.3, -0.25) is 4.79 Å². The van der Waals surface area contributed by atoms with E-state index in [9.17, 15) is 9.90 Å². The molecule has 80 valence electrons. The summed E-state index contributed by atoms with van der Waals surface area (Å²) < 4.78 is 5.39. The molecule has 2 aliphatic rings. The van der Waals surface area contributed by atoms with Gasteiger partial charge in [-0.05, 0) is 25.0 Å². The second kappa shape index (κ2) is 3.26. The lowest BCUT2D eigenvalue weighted by atomic mass is 9.80. The first-order valence-corrected chi connectivity index (χ1v) is 5.04. The third kappa shape index (κ3) is 1.39. The van der Waals surface area contributed by atoms with Crippen LogP contribution < -0.4 is 0 Å². The third-order valence-electron chi connectivity index (χ3n) is 3.17. The summed E-state index contributed by atoms with van der Waals surface area (Å²) in [6.45, 7) is 5.79. The zero-order valence-electron chi connectivity index (χ0n) is 9.07. The Kier molecular flexibility index (Phi) is 2.18. The van der Waals surface area contributed by atoms with Crippen molar-refractivity contribution in [1.29, 1.82) is 0 Å². The normalized spacial score (nSPS) is 30.5. The van der Waals surface area contributed by atoms with E-state index in [0.717, 1.165) is 11.1 Å². The molecule has 3 heteroatoms. The highest BCUT2D eigenvalue weighted by molar-refractivity contribution is 6.09. The van der Waals surface area contributed by atoms with Gasteiger partial charge in [0.05, 0.1) is 11.8 Å². The monoisotopic (exact) mass is 206 g/mol. The average Bonchev–Trinajstić information content (AvgIpc) is 2.19. The zero-order chi connectivity index (χ0) is 11.2. The van der Waals surface area contributed by atoms with Crippen LogP contribution in [0.2, 0.25) is 0 Å². The Morgan fingerprint density at radius 3 is 2.73 bits per heavy atom. The Morgan fingerprint density at radius 2 is 2.07 bits per heavy atom. The van der Waals surface area contributed by atoms with E-state index in [4.69, 9.17) is 4.74 Å². The Morgan fingerprint density at radius 1 is 1.40 bits per heavy atom. The number of aliphatic hydroxyl groups is 1. The fourth-order valence-corrected chi connectivity index (χ4v) is 2.02. The van der Waals surface area contributed by atoms with Gasteiger partial charge < -0.3 is 9.84 Å². The molecular weight excluding hydrogens is 192 g/mol. The summed E-state index contributed by atoms with van der Waals surface area (Å²) in [5.41, 5.74) is 2.28. The van der Waals surface area contributed by atoms with Crippen LogP contribution in [-0.4, -0.2) is 17.0 Å². The maximum Gasteiger partial charge on any atom is 0.192 e. The van der Waals surface area contributed by atoms with Gasteiger partial charge in [0, 0.05) is 12.0 Å². The second-order valence-corrected chi connectivity index (χ2v) is 4.09. The van der Waals surface area contributed by atoms with Gasteiger partial charge in [0.15, 0.2) is 5.78 Å². The molecule has 0 bridgehead atoms. The summed E-state index contributed by atoms with van der Waals surface area (Å²) in [6, 6.07) is 0. The van der Waals surface area contributed by atoms with Crippen LogP contribution in [-0.2, 0) is 9.53 Å². The minimum absolute atomic E-state index is 0.0393. The van der Waals surface area contributed by atoms with E-state index in [1.54, 1.807) is 0 Å². The van der Waals surface area contributed by atoms with E-state index in [2.05, 4.69) is 0 Å². The maximum absolute atomic E-state index is 11.6. The van der Waals surface area contributed by atoms with Crippen LogP contribution in [0.5, 0.6) is 0 Å². The van der Waals surface area contributed by atoms with Gasteiger partial charge in [-0.2, -0.15) is 0 Å². The molecule has 1 N–H and O–H groups in total. The van der Waals surface area contributed by atoms with Crippen LogP contribution in [0, 0.1) is 5.92 Å². The van der Waals surface area contributed by atoms with Crippen molar-refractivity contribution in [2.75, 3.05) is 0 Å². The lowest BCUT2D eigenvalue weighted by molar-refractivity contribution is -0.111. The molecule has 1 heterocycles. The largest absolute Gasteiger partial charge is 0.508 e. The van der Waals surface area contributed by atoms with Crippen molar-refractivity contribution in [3.05, 3.63) is 34.8 Å². The predicted octanol–water partition coefficient (Wildman–Crippen LogP) is 2.27. The van der Waals surface area contributed by atoms with Crippen molar-refractivity contribution in [2.45, 2.75) is 26.9 Å². The molecule has 0 aromatic heterocycles. The first kappa shape index (κ1) is 10.0. The van der Waals surface area contributed by atoms with Gasteiger partial charge in [0.2, 0.25) is 0 Å². The Bertz CT molecular complexity index is 413.